The van der Waals surface area contributed by atoms with Crippen LogP contribution in [0.25, 0.3) is 10.4 Å². The second-order valence-electron chi connectivity index (χ2n) is 3.43. The smallest absolute Gasteiger partial charge is 0.158 e. The van der Waals surface area contributed by atoms with Crippen molar-refractivity contribution in [2.75, 3.05) is 13.2 Å². The molecule has 0 saturated carbocycles. The third-order valence-electron chi connectivity index (χ3n) is 2.38. The maximum Gasteiger partial charge on any atom is 0.158 e. The van der Waals surface area contributed by atoms with Crippen LogP contribution in [0.15, 0.2) is 5.11 Å². The molecular weight excluding hydrogens is 186 g/mol. The summed E-state index contributed by atoms with van der Waals surface area (Å²) < 4.78 is 10.7. The van der Waals surface area contributed by atoms with Crippen molar-refractivity contribution in [1.82, 2.24) is 0 Å². The molecule has 1 unspecified atom stereocenters. The summed E-state index contributed by atoms with van der Waals surface area (Å²) in [6.07, 6.45) is 0.113. The number of rotatable bonds is 4. The Labute approximate surface area is 82.4 Å². The van der Waals surface area contributed by atoms with Crippen LogP contribution in [0, 0.1) is 0 Å². The lowest BCUT2D eigenvalue weighted by atomic mass is 9.98. The number of aliphatic hydroxyl groups excluding tert-OH is 1. The zero-order chi connectivity index (χ0) is 10.6. The van der Waals surface area contributed by atoms with Crippen molar-refractivity contribution in [3.8, 4) is 0 Å². The molecule has 0 aromatic carbocycles. The third-order valence-corrected chi connectivity index (χ3v) is 2.38. The van der Waals surface area contributed by atoms with Gasteiger partial charge in [0.05, 0.1) is 12.6 Å². The summed E-state index contributed by atoms with van der Waals surface area (Å²) in [5.74, 6) is 0. The lowest BCUT2D eigenvalue weighted by molar-refractivity contribution is -0.172. The minimum absolute atomic E-state index is 0.180. The average Bonchev–Trinajstić information content (AvgIpc) is 2.46. The Morgan fingerprint density at radius 2 is 2.50 bits per heavy atom. The summed E-state index contributed by atoms with van der Waals surface area (Å²) in [5, 5.41) is 12.7. The number of hydrogen-bond acceptors (Lipinski definition) is 4. The fourth-order valence-corrected chi connectivity index (χ4v) is 1.52. The summed E-state index contributed by atoms with van der Waals surface area (Å²) in [4.78, 5) is 2.73. The standard InChI is InChI=1S/C8H15N3O3/c1-3-13-7-4-6(10-11-9)8(2,5-12)14-7/h6-7,12H,3-5H2,1-2H3/t6-,7?,8+/m0/s1. The molecule has 0 amide bonds. The molecule has 14 heavy (non-hydrogen) atoms. The quantitative estimate of drug-likeness (QED) is 0.421. The number of azide groups is 1. The van der Waals surface area contributed by atoms with Crippen LogP contribution in [0.5, 0.6) is 0 Å². The molecule has 0 aromatic heterocycles. The van der Waals surface area contributed by atoms with Gasteiger partial charge in [-0.25, -0.2) is 0 Å². The van der Waals surface area contributed by atoms with Gasteiger partial charge in [-0.3, -0.25) is 0 Å². The summed E-state index contributed by atoms with van der Waals surface area (Å²) in [7, 11) is 0. The highest BCUT2D eigenvalue weighted by Crippen LogP contribution is 2.33. The summed E-state index contributed by atoms with van der Waals surface area (Å²) in [6, 6.07) is -0.367. The second kappa shape index (κ2) is 4.61. The molecule has 1 fully saturated rings. The van der Waals surface area contributed by atoms with E-state index in [0.29, 0.717) is 13.0 Å². The Bertz CT molecular complexity index is 242. The Kier molecular flexibility index (Phi) is 3.71. The molecule has 6 nitrogen and oxygen atoms in total. The lowest BCUT2D eigenvalue weighted by Gasteiger charge is -2.25. The Morgan fingerprint density at radius 3 is 3.00 bits per heavy atom. The molecule has 0 aromatic rings. The van der Waals surface area contributed by atoms with E-state index in [-0.39, 0.29) is 18.9 Å². The van der Waals surface area contributed by atoms with Gasteiger partial charge in [-0.2, -0.15) is 0 Å². The van der Waals surface area contributed by atoms with Gasteiger partial charge < -0.3 is 14.6 Å². The number of aliphatic hydroxyl groups is 1. The van der Waals surface area contributed by atoms with Gasteiger partial charge in [0.25, 0.3) is 0 Å². The molecule has 0 aliphatic carbocycles. The van der Waals surface area contributed by atoms with Crippen molar-refractivity contribution in [1.29, 1.82) is 0 Å². The molecule has 1 N–H and O–H groups in total. The molecule has 0 spiro atoms. The van der Waals surface area contributed by atoms with Gasteiger partial charge >= 0.3 is 0 Å². The maximum absolute atomic E-state index is 9.14. The van der Waals surface area contributed by atoms with E-state index >= 15 is 0 Å². The molecule has 1 heterocycles. The molecule has 1 aliphatic heterocycles. The van der Waals surface area contributed by atoms with E-state index in [4.69, 9.17) is 20.1 Å². The van der Waals surface area contributed by atoms with Crippen LogP contribution in [0.4, 0.5) is 0 Å². The predicted molar refractivity (Wildman–Crippen MR) is 49.5 cm³/mol. The van der Waals surface area contributed by atoms with Gasteiger partial charge in [-0.1, -0.05) is 5.11 Å². The van der Waals surface area contributed by atoms with Crippen molar-refractivity contribution in [3.63, 3.8) is 0 Å². The van der Waals surface area contributed by atoms with Crippen LogP contribution in [0.3, 0.4) is 0 Å². The number of nitrogens with zero attached hydrogens (tertiary/aromatic N) is 3. The van der Waals surface area contributed by atoms with Crippen LogP contribution in [0.1, 0.15) is 20.3 Å². The normalized spacial score (nSPS) is 36.8. The van der Waals surface area contributed by atoms with E-state index in [1.165, 1.54) is 0 Å². The second-order valence-corrected chi connectivity index (χ2v) is 3.43. The molecule has 1 saturated heterocycles. The van der Waals surface area contributed by atoms with Crippen molar-refractivity contribution in [2.24, 2.45) is 5.11 Å². The highest BCUT2D eigenvalue weighted by Gasteiger charge is 2.44. The largest absolute Gasteiger partial charge is 0.393 e. The zero-order valence-corrected chi connectivity index (χ0v) is 8.38. The van der Waals surface area contributed by atoms with Gasteiger partial charge in [-0.05, 0) is 19.4 Å². The minimum Gasteiger partial charge on any atom is -0.393 e. The Morgan fingerprint density at radius 1 is 1.79 bits per heavy atom. The van der Waals surface area contributed by atoms with Crippen molar-refractivity contribution < 1.29 is 14.6 Å². The van der Waals surface area contributed by atoms with E-state index in [0.717, 1.165) is 0 Å². The van der Waals surface area contributed by atoms with Gasteiger partial charge in [0.1, 0.15) is 5.60 Å². The highest BCUT2D eigenvalue weighted by molar-refractivity contribution is 4.95. The van der Waals surface area contributed by atoms with Crippen LogP contribution in [0.2, 0.25) is 0 Å². The molecular formula is C8H15N3O3. The first kappa shape index (κ1) is 11.3. The van der Waals surface area contributed by atoms with Crippen molar-refractivity contribution in [2.45, 2.75) is 38.2 Å². The zero-order valence-electron chi connectivity index (χ0n) is 8.38. The monoisotopic (exact) mass is 201 g/mol. The highest BCUT2D eigenvalue weighted by atomic mass is 16.7. The first-order valence-corrected chi connectivity index (χ1v) is 4.60. The molecule has 1 aliphatic rings. The Hall–Kier alpha value is -0.810. The number of ether oxygens (including phenoxy) is 2. The molecule has 0 radical (unpaired) electrons. The van der Waals surface area contributed by atoms with E-state index in [1.807, 2.05) is 6.92 Å². The van der Waals surface area contributed by atoms with Gasteiger partial charge in [-0.15, -0.1) is 0 Å². The molecule has 0 bridgehead atoms. The lowest BCUT2D eigenvalue weighted by Crippen LogP contribution is -2.38. The summed E-state index contributed by atoms with van der Waals surface area (Å²) in [6.45, 7) is 3.93. The van der Waals surface area contributed by atoms with Gasteiger partial charge in [0.15, 0.2) is 6.29 Å². The fraction of sp³-hybridized carbons (Fsp3) is 1.00. The first-order chi connectivity index (χ1) is 6.66. The maximum atomic E-state index is 9.14. The predicted octanol–water partition coefficient (Wildman–Crippen LogP) is 1.20. The molecule has 80 valence electrons. The van der Waals surface area contributed by atoms with E-state index in [1.54, 1.807) is 6.92 Å². The summed E-state index contributed by atoms with van der Waals surface area (Å²) >= 11 is 0. The number of hydrogen-bond donors (Lipinski definition) is 1. The molecule has 3 atom stereocenters. The van der Waals surface area contributed by atoms with Crippen molar-refractivity contribution >= 4 is 0 Å². The SMILES string of the molecule is CCOC1C[C@H](N=[N+]=[N-])[C@@](C)(CO)O1. The van der Waals surface area contributed by atoms with Crippen LogP contribution < -0.4 is 0 Å². The average molecular weight is 201 g/mol. The van der Waals surface area contributed by atoms with E-state index < -0.39 is 5.60 Å². The van der Waals surface area contributed by atoms with Gasteiger partial charge in [0, 0.05) is 17.9 Å². The minimum atomic E-state index is -0.813. The molecule has 1 rings (SSSR count). The molecule has 6 heteroatoms. The van der Waals surface area contributed by atoms with E-state index in [2.05, 4.69) is 10.0 Å². The van der Waals surface area contributed by atoms with Crippen LogP contribution >= 0.6 is 0 Å². The fourth-order valence-electron chi connectivity index (χ4n) is 1.52. The summed E-state index contributed by atoms with van der Waals surface area (Å²) in [5.41, 5.74) is 7.54. The topological polar surface area (TPSA) is 87.5 Å². The van der Waals surface area contributed by atoms with Crippen LogP contribution in [-0.2, 0) is 9.47 Å². The van der Waals surface area contributed by atoms with Crippen molar-refractivity contribution in [3.05, 3.63) is 10.4 Å². The van der Waals surface area contributed by atoms with Gasteiger partial charge in [0.2, 0.25) is 0 Å². The van der Waals surface area contributed by atoms with E-state index in [9.17, 15) is 0 Å². The van der Waals surface area contributed by atoms with Crippen LogP contribution in [-0.4, -0.2) is 36.3 Å². The Balaban J connectivity index is 2.69. The third kappa shape index (κ3) is 2.16. The first-order valence-electron chi connectivity index (χ1n) is 4.60.